The molecule has 0 radical (unpaired) electrons. The summed E-state index contributed by atoms with van der Waals surface area (Å²) in [6.07, 6.45) is 3.53. The first-order chi connectivity index (χ1) is 16.4. The first kappa shape index (κ1) is 25.5. The van der Waals surface area contributed by atoms with Crippen molar-refractivity contribution >= 4 is 27.5 Å². The van der Waals surface area contributed by atoms with Gasteiger partial charge in [-0.2, -0.15) is 0 Å². The minimum Gasteiger partial charge on any atom is -0.496 e. The molecule has 1 fully saturated rings. The van der Waals surface area contributed by atoms with Crippen LogP contribution >= 0.6 is 0 Å². The summed E-state index contributed by atoms with van der Waals surface area (Å²) in [6, 6.07) is 10.5. The van der Waals surface area contributed by atoms with E-state index in [0.29, 0.717) is 38.4 Å². The van der Waals surface area contributed by atoms with Crippen molar-refractivity contribution in [3.8, 4) is 5.75 Å². The lowest BCUT2D eigenvalue weighted by Gasteiger charge is -2.27. The van der Waals surface area contributed by atoms with Crippen LogP contribution in [-0.4, -0.2) is 65.6 Å². The van der Waals surface area contributed by atoms with E-state index < -0.39 is 15.9 Å². The predicted molar refractivity (Wildman–Crippen MR) is 129 cm³/mol. The molecule has 2 amide bonds. The topological polar surface area (TPSA) is 114 Å². The number of methoxy groups -OCH3 is 2. The minimum atomic E-state index is -4.09. The minimum absolute atomic E-state index is 0.0936. The highest BCUT2D eigenvalue weighted by atomic mass is 32.2. The van der Waals surface area contributed by atoms with Crippen LogP contribution in [0.4, 0.5) is 5.69 Å². The van der Waals surface area contributed by atoms with Gasteiger partial charge in [-0.05, 0) is 56.0 Å². The first-order valence-electron chi connectivity index (χ1n) is 11.2. The number of likely N-dealkylation sites (tertiary alicyclic amines) is 1. The molecule has 0 unspecified atom stereocenters. The molecule has 0 aliphatic carbocycles. The summed E-state index contributed by atoms with van der Waals surface area (Å²) in [5, 5.41) is 2.75. The average molecular weight is 490 g/mol. The van der Waals surface area contributed by atoms with Crippen LogP contribution in [0, 0.1) is 0 Å². The number of anilines is 1. The number of ether oxygens (including phenoxy) is 2. The van der Waals surface area contributed by atoms with E-state index in [-0.39, 0.29) is 27.6 Å². The zero-order chi connectivity index (χ0) is 24.6. The fourth-order valence-electron chi connectivity index (χ4n) is 3.78. The van der Waals surface area contributed by atoms with Gasteiger partial charge < -0.3 is 19.7 Å². The van der Waals surface area contributed by atoms with Crippen molar-refractivity contribution in [2.24, 2.45) is 0 Å². The fourth-order valence-corrected chi connectivity index (χ4v) is 4.88. The summed E-state index contributed by atoms with van der Waals surface area (Å²) < 4.78 is 39.2. The maximum absolute atomic E-state index is 13.2. The number of hydrogen-bond donors (Lipinski definition) is 2. The Labute approximate surface area is 200 Å². The van der Waals surface area contributed by atoms with Crippen molar-refractivity contribution in [1.29, 1.82) is 0 Å². The largest absolute Gasteiger partial charge is 0.496 e. The summed E-state index contributed by atoms with van der Waals surface area (Å²) in [4.78, 5) is 27.3. The van der Waals surface area contributed by atoms with E-state index in [9.17, 15) is 18.0 Å². The molecule has 34 heavy (non-hydrogen) atoms. The Morgan fingerprint density at radius 1 is 1.00 bits per heavy atom. The summed E-state index contributed by atoms with van der Waals surface area (Å²) >= 11 is 0. The van der Waals surface area contributed by atoms with Gasteiger partial charge in [-0.1, -0.05) is 12.1 Å². The van der Waals surface area contributed by atoms with Gasteiger partial charge >= 0.3 is 0 Å². The summed E-state index contributed by atoms with van der Waals surface area (Å²) in [7, 11) is -1.07. The Morgan fingerprint density at radius 3 is 2.44 bits per heavy atom. The highest BCUT2D eigenvalue weighted by Gasteiger charge is 2.25. The summed E-state index contributed by atoms with van der Waals surface area (Å²) in [5.74, 6) is -0.347. The molecule has 0 atom stereocenters. The monoisotopic (exact) mass is 489 g/mol. The number of sulfonamides is 1. The van der Waals surface area contributed by atoms with E-state index in [4.69, 9.17) is 9.47 Å². The maximum Gasteiger partial charge on any atom is 0.261 e. The highest BCUT2D eigenvalue weighted by molar-refractivity contribution is 7.92. The number of piperidine rings is 1. The van der Waals surface area contributed by atoms with E-state index >= 15 is 0 Å². The molecule has 2 aromatic rings. The SMILES string of the molecule is COCCCNC(=O)c1ccccc1NS(=O)(=O)c1ccc(OC)c(C(=O)N2CCCCC2)c1. The molecule has 1 aliphatic rings. The molecule has 10 heteroatoms. The molecule has 0 bridgehead atoms. The highest BCUT2D eigenvalue weighted by Crippen LogP contribution is 2.27. The number of carbonyl (C=O) groups excluding carboxylic acids is 2. The third-order valence-corrected chi connectivity index (χ3v) is 6.94. The van der Waals surface area contributed by atoms with E-state index in [2.05, 4.69) is 10.0 Å². The van der Waals surface area contributed by atoms with Crippen molar-refractivity contribution in [2.45, 2.75) is 30.6 Å². The molecule has 1 aliphatic heterocycles. The van der Waals surface area contributed by atoms with Gasteiger partial charge in [0.15, 0.2) is 0 Å². The fraction of sp³-hybridized carbons (Fsp3) is 0.417. The Morgan fingerprint density at radius 2 is 1.74 bits per heavy atom. The van der Waals surface area contributed by atoms with Crippen LogP contribution in [0.15, 0.2) is 47.4 Å². The number of hydrogen-bond acceptors (Lipinski definition) is 6. The van der Waals surface area contributed by atoms with Crippen LogP contribution in [0.3, 0.4) is 0 Å². The second-order valence-electron chi connectivity index (χ2n) is 7.97. The van der Waals surface area contributed by atoms with E-state index in [1.54, 1.807) is 30.2 Å². The summed E-state index contributed by atoms with van der Waals surface area (Å²) in [5.41, 5.74) is 0.532. The maximum atomic E-state index is 13.2. The van der Waals surface area contributed by atoms with Crippen LogP contribution in [0.2, 0.25) is 0 Å². The van der Waals surface area contributed by atoms with Gasteiger partial charge in [0.05, 0.1) is 28.8 Å². The van der Waals surface area contributed by atoms with E-state index in [1.165, 1.54) is 31.4 Å². The number of nitrogens with one attached hydrogen (secondary N) is 2. The van der Waals surface area contributed by atoms with Crippen molar-refractivity contribution in [1.82, 2.24) is 10.2 Å². The van der Waals surface area contributed by atoms with Crippen molar-refractivity contribution in [3.63, 3.8) is 0 Å². The Balaban J connectivity index is 1.84. The van der Waals surface area contributed by atoms with E-state index in [1.807, 2.05) is 0 Å². The zero-order valence-electron chi connectivity index (χ0n) is 19.5. The van der Waals surface area contributed by atoms with Crippen LogP contribution in [0.5, 0.6) is 5.75 Å². The molecule has 0 saturated carbocycles. The molecule has 0 spiro atoms. The smallest absolute Gasteiger partial charge is 0.261 e. The van der Waals surface area contributed by atoms with Crippen LogP contribution in [0.25, 0.3) is 0 Å². The Kier molecular flexibility index (Phi) is 8.89. The number of benzene rings is 2. The first-order valence-corrected chi connectivity index (χ1v) is 12.7. The van der Waals surface area contributed by atoms with Gasteiger partial charge in [-0.3, -0.25) is 14.3 Å². The molecular formula is C24H31N3O6S. The van der Waals surface area contributed by atoms with Crippen molar-refractivity contribution < 1.29 is 27.5 Å². The van der Waals surface area contributed by atoms with Crippen LogP contribution < -0.4 is 14.8 Å². The molecular weight excluding hydrogens is 458 g/mol. The van der Waals surface area contributed by atoms with Crippen molar-refractivity contribution in [3.05, 3.63) is 53.6 Å². The lowest BCUT2D eigenvalue weighted by Crippen LogP contribution is -2.35. The van der Waals surface area contributed by atoms with Gasteiger partial charge in [0.25, 0.3) is 21.8 Å². The molecule has 2 aromatic carbocycles. The van der Waals surface area contributed by atoms with Crippen LogP contribution in [0.1, 0.15) is 46.4 Å². The molecule has 9 nitrogen and oxygen atoms in total. The molecule has 1 heterocycles. The van der Waals surface area contributed by atoms with Gasteiger partial charge in [0.1, 0.15) is 5.75 Å². The number of rotatable bonds is 10. The van der Waals surface area contributed by atoms with E-state index in [0.717, 1.165) is 19.3 Å². The average Bonchev–Trinajstić information content (AvgIpc) is 2.86. The lowest BCUT2D eigenvalue weighted by molar-refractivity contribution is 0.0720. The van der Waals surface area contributed by atoms with Crippen molar-refractivity contribution in [2.75, 3.05) is 45.2 Å². The lowest BCUT2D eigenvalue weighted by atomic mass is 10.1. The van der Waals surface area contributed by atoms with Gasteiger partial charge in [-0.25, -0.2) is 8.42 Å². The summed E-state index contributed by atoms with van der Waals surface area (Å²) in [6.45, 7) is 2.16. The number of nitrogens with zero attached hydrogens (tertiary/aromatic N) is 1. The second-order valence-corrected chi connectivity index (χ2v) is 9.65. The predicted octanol–water partition coefficient (Wildman–Crippen LogP) is 2.89. The van der Waals surface area contributed by atoms with Gasteiger partial charge in [0.2, 0.25) is 0 Å². The third-order valence-electron chi connectivity index (χ3n) is 5.58. The molecule has 3 rings (SSSR count). The number of para-hydroxylation sites is 1. The number of carbonyl (C=O) groups is 2. The second kappa shape index (κ2) is 11.8. The zero-order valence-corrected chi connectivity index (χ0v) is 20.3. The number of amides is 2. The molecule has 2 N–H and O–H groups in total. The van der Waals surface area contributed by atoms with Gasteiger partial charge in [-0.15, -0.1) is 0 Å². The van der Waals surface area contributed by atoms with Gasteiger partial charge in [0, 0.05) is 33.4 Å². The molecule has 1 saturated heterocycles. The Hall–Kier alpha value is -3.11. The quantitative estimate of drug-likeness (QED) is 0.496. The molecule has 184 valence electrons. The third kappa shape index (κ3) is 6.27. The molecule has 0 aromatic heterocycles. The normalized spacial score (nSPS) is 13.9. The Bertz CT molecular complexity index is 1110. The van der Waals surface area contributed by atoms with Crippen LogP contribution in [-0.2, 0) is 14.8 Å². The standard InChI is InChI=1S/C24H31N3O6S/c1-32-16-8-13-25-23(28)19-9-4-5-10-21(19)26-34(30,31)18-11-12-22(33-2)20(17-18)24(29)27-14-6-3-7-15-27/h4-5,9-12,17,26H,3,6-8,13-16H2,1-2H3,(H,25,28).